The molecule has 1 heterocycles. The average molecular weight is 287 g/mol. The van der Waals surface area contributed by atoms with Crippen molar-refractivity contribution >= 4 is 5.69 Å². The number of benzene rings is 2. The zero-order chi connectivity index (χ0) is 14.7. The SMILES string of the molecule is Fc1ccc(CNc2cccc(-c3nnco3)c2)c(F)c1. The molecule has 0 saturated carbocycles. The van der Waals surface area contributed by atoms with Crippen molar-refractivity contribution in [1.82, 2.24) is 10.2 Å². The molecule has 3 rings (SSSR count). The van der Waals surface area contributed by atoms with Gasteiger partial charge in [0.25, 0.3) is 0 Å². The minimum Gasteiger partial charge on any atom is -0.423 e. The number of nitrogens with zero attached hydrogens (tertiary/aromatic N) is 2. The summed E-state index contributed by atoms with van der Waals surface area (Å²) in [5.74, 6) is -0.753. The number of halogens is 2. The van der Waals surface area contributed by atoms with E-state index in [1.165, 1.54) is 18.5 Å². The van der Waals surface area contributed by atoms with E-state index >= 15 is 0 Å². The Bertz CT molecular complexity index is 744. The van der Waals surface area contributed by atoms with Crippen LogP contribution in [0.5, 0.6) is 0 Å². The Kier molecular flexibility index (Phi) is 3.59. The quantitative estimate of drug-likeness (QED) is 0.796. The van der Waals surface area contributed by atoms with Gasteiger partial charge in [0, 0.05) is 29.4 Å². The molecule has 0 saturated heterocycles. The van der Waals surface area contributed by atoms with E-state index in [4.69, 9.17) is 4.42 Å². The Morgan fingerprint density at radius 3 is 2.76 bits per heavy atom. The van der Waals surface area contributed by atoms with Gasteiger partial charge >= 0.3 is 0 Å². The number of anilines is 1. The number of rotatable bonds is 4. The monoisotopic (exact) mass is 287 g/mol. The third kappa shape index (κ3) is 3.05. The van der Waals surface area contributed by atoms with Gasteiger partial charge < -0.3 is 9.73 Å². The maximum atomic E-state index is 13.5. The van der Waals surface area contributed by atoms with Crippen molar-refractivity contribution in [3.63, 3.8) is 0 Å². The van der Waals surface area contributed by atoms with Crippen molar-refractivity contribution in [3.8, 4) is 11.5 Å². The first kappa shape index (κ1) is 13.2. The molecule has 6 heteroatoms. The molecule has 21 heavy (non-hydrogen) atoms. The highest BCUT2D eigenvalue weighted by atomic mass is 19.1. The number of aromatic nitrogens is 2. The summed E-state index contributed by atoms with van der Waals surface area (Å²) in [4.78, 5) is 0. The lowest BCUT2D eigenvalue weighted by Crippen LogP contribution is -2.02. The highest BCUT2D eigenvalue weighted by Gasteiger charge is 2.06. The second-order valence-electron chi connectivity index (χ2n) is 4.41. The first-order chi connectivity index (χ1) is 10.2. The third-order valence-electron chi connectivity index (χ3n) is 2.97. The van der Waals surface area contributed by atoms with E-state index in [0.29, 0.717) is 11.5 Å². The van der Waals surface area contributed by atoms with Gasteiger partial charge in [-0.25, -0.2) is 8.78 Å². The van der Waals surface area contributed by atoms with Gasteiger partial charge in [0.15, 0.2) is 0 Å². The van der Waals surface area contributed by atoms with Gasteiger partial charge in [0.2, 0.25) is 12.3 Å². The van der Waals surface area contributed by atoms with E-state index in [2.05, 4.69) is 15.5 Å². The van der Waals surface area contributed by atoms with Crippen LogP contribution in [0.15, 0.2) is 53.3 Å². The van der Waals surface area contributed by atoms with Crippen LogP contribution in [0, 0.1) is 11.6 Å². The van der Waals surface area contributed by atoms with Gasteiger partial charge in [0.1, 0.15) is 11.6 Å². The minimum atomic E-state index is -0.588. The molecule has 3 aromatic rings. The summed E-state index contributed by atoms with van der Waals surface area (Å²) in [6, 6.07) is 10.8. The molecular formula is C15H11F2N3O. The van der Waals surface area contributed by atoms with Crippen molar-refractivity contribution in [2.75, 3.05) is 5.32 Å². The van der Waals surface area contributed by atoms with Crippen molar-refractivity contribution < 1.29 is 13.2 Å². The predicted molar refractivity (Wildman–Crippen MR) is 73.4 cm³/mol. The Hall–Kier alpha value is -2.76. The van der Waals surface area contributed by atoms with Crippen molar-refractivity contribution in [2.45, 2.75) is 6.54 Å². The molecule has 2 aromatic carbocycles. The zero-order valence-corrected chi connectivity index (χ0v) is 10.9. The molecular weight excluding hydrogens is 276 g/mol. The second-order valence-corrected chi connectivity index (χ2v) is 4.41. The summed E-state index contributed by atoms with van der Waals surface area (Å²) in [6.07, 6.45) is 1.25. The minimum absolute atomic E-state index is 0.249. The standard InChI is InChI=1S/C15H11F2N3O/c16-12-5-4-11(14(17)7-12)8-18-13-3-1-2-10(6-13)15-20-19-9-21-15/h1-7,9,18H,8H2. The normalized spacial score (nSPS) is 10.6. The topological polar surface area (TPSA) is 51.0 Å². The van der Waals surface area contributed by atoms with E-state index < -0.39 is 11.6 Å². The molecule has 0 spiro atoms. The van der Waals surface area contributed by atoms with Crippen LogP contribution in [0.3, 0.4) is 0 Å². The zero-order valence-electron chi connectivity index (χ0n) is 10.9. The molecule has 0 aliphatic carbocycles. The van der Waals surface area contributed by atoms with Gasteiger partial charge in [-0.2, -0.15) is 0 Å². The second kappa shape index (κ2) is 5.70. The van der Waals surface area contributed by atoms with Gasteiger partial charge in [-0.05, 0) is 24.3 Å². The Morgan fingerprint density at radius 1 is 1.10 bits per heavy atom. The fraction of sp³-hybridized carbons (Fsp3) is 0.0667. The Balaban J connectivity index is 1.75. The molecule has 0 bridgehead atoms. The van der Waals surface area contributed by atoms with Crippen LogP contribution < -0.4 is 5.32 Å². The summed E-state index contributed by atoms with van der Waals surface area (Å²) in [5, 5.41) is 10.5. The molecule has 4 nitrogen and oxygen atoms in total. The van der Waals surface area contributed by atoms with E-state index in [-0.39, 0.29) is 6.54 Å². The summed E-state index contributed by atoms with van der Waals surface area (Å²) in [7, 11) is 0. The number of nitrogens with one attached hydrogen (secondary N) is 1. The lowest BCUT2D eigenvalue weighted by Gasteiger charge is -2.08. The van der Waals surface area contributed by atoms with Gasteiger partial charge in [0.05, 0.1) is 0 Å². The van der Waals surface area contributed by atoms with E-state index in [0.717, 1.165) is 17.3 Å². The largest absolute Gasteiger partial charge is 0.423 e. The van der Waals surface area contributed by atoms with Crippen LogP contribution >= 0.6 is 0 Å². The molecule has 0 fully saturated rings. The number of hydrogen-bond donors (Lipinski definition) is 1. The van der Waals surface area contributed by atoms with Crippen molar-refractivity contribution in [2.24, 2.45) is 0 Å². The third-order valence-corrected chi connectivity index (χ3v) is 2.97. The van der Waals surface area contributed by atoms with Crippen molar-refractivity contribution in [1.29, 1.82) is 0 Å². The highest BCUT2D eigenvalue weighted by molar-refractivity contribution is 5.60. The first-order valence-electron chi connectivity index (χ1n) is 6.27. The summed E-state index contributed by atoms with van der Waals surface area (Å²) in [5.41, 5.74) is 1.92. The van der Waals surface area contributed by atoms with Crippen LogP contribution in [-0.2, 0) is 6.54 Å². The van der Waals surface area contributed by atoms with Gasteiger partial charge in [-0.3, -0.25) is 0 Å². The Morgan fingerprint density at radius 2 is 2.00 bits per heavy atom. The van der Waals surface area contributed by atoms with E-state index in [1.54, 1.807) is 0 Å². The maximum Gasteiger partial charge on any atom is 0.247 e. The summed E-state index contributed by atoms with van der Waals surface area (Å²) >= 11 is 0. The van der Waals surface area contributed by atoms with Crippen LogP contribution in [0.1, 0.15) is 5.56 Å². The van der Waals surface area contributed by atoms with Gasteiger partial charge in [-0.1, -0.05) is 12.1 Å². The molecule has 0 atom stereocenters. The molecule has 1 aromatic heterocycles. The molecule has 0 radical (unpaired) electrons. The van der Waals surface area contributed by atoms with Gasteiger partial charge in [-0.15, -0.1) is 10.2 Å². The van der Waals surface area contributed by atoms with Crippen LogP contribution in [-0.4, -0.2) is 10.2 Å². The van der Waals surface area contributed by atoms with Crippen molar-refractivity contribution in [3.05, 3.63) is 66.1 Å². The summed E-state index contributed by atoms with van der Waals surface area (Å²) in [6.45, 7) is 0.249. The fourth-order valence-corrected chi connectivity index (χ4v) is 1.92. The highest BCUT2D eigenvalue weighted by Crippen LogP contribution is 2.21. The molecule has 0 unspecified atom stereocenters. The lowest BCUT2D eigenvalue weighted by atomic mass is 10.1. The molecule has 0 amide bonds. The smallest absolute Gasteiger partial charge is 0.247 e. The van der Waals surface area contributed by atoms with Crippen LogP contribution in [0.2, 0.25) is 0 Å². The molecule has 0 aliphatic rings. The maximum absolute atomic E-state index is 13.5. The summed E-state index contributed by atoms with van der Waals surface area (Å²) < 4.78 is 31.5. The fourth-order valence-electron chi connectivity index (χ4n) is 1.92. The molecule has 106 valence electrons. The number of hydrogen-bond acceptors (Lipinski definition) is 4. The molecule has 1 N–H and O–H groups in total. The molecule has 0 aliphatic heterocycles. The van der Waals surface area contributed by atoms with Crippen LogP contribution in [0.25, 0.3) is 11.5 Å². The predicted octanol–water partition coefficient (Wildman–Crippen LogP) is 3.63. The van der Waals surface area contributed by atoms with E-state index in [1.807, 2.05) is 24.3 Å². The lowest BCUT2D eigenvalue weighted by molar-refractivity contribution is 0.568. The Labute approximate surface area is 119 Å². The average Bonchev–Trinajstić information content (AvgIpc) is 3.01. The first-order valence-corrected chi connectivity index (χ1v) is 6.27. The van der Waals surface area contributed by atoms with Crippen LogP contribution in [0.4, 0.5) is 14.5 Å². The van der Waals surface area contributed by atoms with E-state index in [9.17, 15) is 8.78 Å².